The van der Waals surface area contributed by atoms with Crippen LogP contribution < -0.4 is 4.18 Å². The standard InChI is InChI=1S/C27H27NO8S/c1-14-23(29)22(28(2)3)18-13-16-12-15-8-7-11-19(36-37(34,35)17-9-5-4-6-10-17)20(15)24(30)21(16)26(32)27(18,33)25(14)31/h4-11,16,18,22,29,32-33H,12-13H2,1-3H3. The third-order valence-corrected chi connectivity index (χ3v) is 8.92. The molecular weight excluding hydrogens is 498 g/mol. The third-order valence-electron chi connectivity index (χ3n) is 7.67. The molecule has 194 valence electrons. The molecule has 0 aromatic heterocycles. The van der Waals surface area contributed by atoms with Crippen molar-refractivity contribution in [1.29, 1.82) is 0 Å². The first kappa shape index (κ1) is 25.2. The van der Waals surface area contributed by atoms with E-state index in [-0.39, 0.29) is 46.0 Å². The zero-order valence-corrected chi connectivity index (χ0v) is 21.3. The van der Waals surface area contributed by atoms with E-state index < -0.39 is 50.9 Å². The van der Waals surface area contributed by atoms with Crippen LogP contribution in [0.2, 0.25) is 0 Å². The largest absolute Gasteiger partial charge is 0.510 e. The van der Waals surface area contributed by atoms with Gasteiger partial charge >= 0.3 is 10.1 Å². The van der Waals surface area contributed by atoms with E-state index in [4.69, 9.17) is 4.18 Å². The Morgan fingerprint density at radius 1 is 1.03 bits per heavy atom. The maximum atomic E-state index is 13.8. The molecular formula is C27H27NO8S. The second-order valence-corrected chi connectivity index (χ2v) is 11.5. The fourth-order valence-corrected chi connectivity index (χ4v) is 6.89. The molecule has 5 rings (SSSR count). The Bertz CT molecular complexity index is 1490. The van der Waals surface area contributed by atoms with Crippen molar-refractivity contribution in [2.45, 2.75) is 36.3 Å². The van der Waals surface area contributed by atoms with E-state index >= 15 is 0 Å². The van der Waals surface area contributed by atoms with Crippen LogP contribution in [0.15, 0.2) is 76.1 Å². The Balaban J connectivity index is 1.63. The third kappa shape index (κ3) is 3.62. The molecule has 3 aliphatic rings. The Labute approximate surface area is 214 Å². The topological polar surface area (TPSA) is 141 Å². The molecule has 0 amide bonds. The van der Waals surface area contributed by atoms with Crippen LogP contribution in [0.3, 0.4) is 0 Å². The number of fused-ring (bicyclic) bond motifs is 3. The van der Waals surface area contributed by atoms with Crippen molar-refractivity contribution in [1.82, 2.24) is 4.90 Å². The molecule has 0 saturated heterocycles. The highest BCUT2D eigenvalue weighted by Gasteiger charge is 2.61. The summed E-state index contributed by atoms with van der Waals surface area (Å²) in [6, 6.07) is 11.4. The number of carbonyl (C=O) groups is 2. The molecule has 37 heavy (non-hydrogen) atoms. The van der Waals surface area contributed by atoms with Crippen molar-refractivity contribution in [2.75, 3.05) is 14.1 Å². The SMILES string of the molecule is CC1=C(O)C(N(C)C)C2CC3Cc4cccc(OS(=O)(=O)c5ccccc5)c4C(=O)C3=C(O)C2(O)C1=O. The molecule has 0 saturated carbocycles. The highest BCUT2D eigenvalue weighted by atomic mass is 32.2. The Hall–Kier alpha value is -3.47. The maximum absolute atomic E-state index is 13.8. The minimum atomic E-state index is -4.26. The van der Waals surface area contributed by atoms with Crippen LogP contribution in [-0.4, -0.2) is 65.9 Å². The Morgan fingerprint density at radius 3 is 2.35 bits per heavy atom. The highest BCUT2D eigenvalue weighted by Crippen LogP contribution is 2.52. The van der Waals surface area contributed by atoms with Gasteiger partial charge in [-0.15, -0.1) is 0 Å². The second-order valence-electron chi connectivity index (χ2n) is 9.99. The monoisotopic (exact) mass is 525 g/mol. The summed E-state index contributed by atoms with van der Waals surface area (Å²) in [6.45, 7) is 1.37. The van der Waals surface area contributed by atoms with Crippen molar-refractivity contribution < 1.29 is 37.5 Å². The first-order valence-electron chi connectivity index (χ1n) is 11.8. The van der Waals surface area contributed by atoms with Gasteiger partial charge < -0.3 is 19.5 Å². The van der Waals surface area contributed by atoms with E-state index in [1.165, 1.54) is 25.1 Å². The number of aliphatic hydroxyl groups is 3. The van der Waals surface area contributed by atoms with Crippen LogP contribution in [-0.2, 0) is 21.3 Å². The lowest BCUT2D eigenvalue weighted by Crippen LogP contribution is -2.62. The van der Waals surface area contributed by atoms with Crippen LogP contribution in [0.25, 0.3) is 0 Å². The first-order chi connectivity index (χ1) is 17.4. The van der Waals surface area contributed by atoms with Gasteiger partial charge in [0.1, 0.15) is 16.4 Å². The maximum Gasteiger partial charge on any atom is 0.339 e. The zero-order valence-electron chi connectivity index (χ0n) is 20.5. The summed E-state index contributed by atoms with van der Waals surface area (Å²) in [6.07, 6.45) is 0.383. The zero-order chi connectivity index (χ0) is 26.9. The lowest BCUT2D eigenvalue weighted by molar-refractivity contribution is -0.147. The van der Waals surface area contributed by atoms with Gasteiger partial charge in [0.25, 0.3) is 0 Å². The molecule has 0 fully saturated rings. The predicted octanol–water partition coefficient (Wildman–Crippen LogP) is 2.72. The Morgan fingerprint density at radius 2 is 1.70 bits per heavy atom. The summed E-state index contributed by atoms with van der Waals surface area (Å²) in [5.74, 6) is -4.17. The predicted molar refractivity (Wildman–Crippen MR) is 133 cm³/mol. The number of Topliss-reactive ketones (excluding diaryl/α,β-unsaturated/α-hetero) is 2. The second kappa shape index (κ2) is 8.54. The number of benzene rings is 2. The van der Waals surface area contributed by atoms with Crippen LogP contribution in [0.5, 0.6) is 5.75 Å². The molecule has 0 radical (unpaired) electrons. The average Bonchev–Trinajstić information content (AvgIpc) is 2.85. The molecule has 3 aliphatic carbocycles. The van der Waals surface area contributed by atoms with Gasteiger partial charge in [0, 0.05) is 17.1 Å². The molecule has 4 atom stereocenters. The minimum Gasteiger partial charge on any atom is -0.510 e. The minimum absolute atomic E-state index is 0.0376. The van der Waals surface area contributed by atoms with Crippen LogP contribution in [0.4, 0.5) is 0 Å². The number of likely N-dealkylation sites (N-methyl/N-ethyl adjacent to an activating group) is 1. The number of nitrogens with zero attached hydrogens (tertiary/aromatic N) is 1. The number of aliphatic hydroxyl groups excluding tert-OH is 2. The van der Waals surface area contributed by atoms with Crippen LogP contribution in [0, 0.1) is 11.8 Å². The van der Waals surface area contributed by atoms with Gasteiger partial charge in [-0.2, -0.15) is 8.42 Å². The number of allylic oxidation sites excluding steroid dienone is 1. The summed E-state index contributed by atoms with van der Waals surface area (Å²) < 4.78 is 31.1. The van der Waals surface area contributed by atoms with E-state index in [1.54, 1.807) is 49.3 Å². The number of ketones is 2. The van der Waals surface area contributed by atoms with Crippen molar-refractivity contribution in [2.24, 2.45) is 11.8 Å². The summed E-state index contributed by atoms with van der Waals surface area (Å²) in [4.78, 5) is 28.6. The van der Waals surface area contributed by atoms with Gasteiger partial charge in [-0.25, -0.2) is 0 Å². The number of hydrogen-bond acceptors (Lipinski definition) is 9. The normalized spacial score (nSPS) is 27.6. The Kier molecular flexibility index (Phi) is 5.82. The molecule has 0 heterocycles. The van der Waals surface area contributed by atoms with E-state index in [9.17, 15) is 33.3 Å². The molecule has 0 aliphatic heterocycles. The summed E-state index contributed by atoms with van der Waals surface area (Å²) in [7, 11) is -0.870. The van der Waals surface area contributed by atoms with Gasteiger partial charge in [0.2, 0.25) is 5.78 Å². The molecule has 3 N–H and O–H groups in total. The molecule has 0 bridgehead atoms. The summed E-state index contributed by atoms with van der Waals surface area (Å²) in [5.41, 5.74) is -2.15. The summed E-state index contributed by atoms with van der Waals surface area (Å²) >= 11 is 0. The first-order valence-corrected chi connectivity index (χ1v) is 13.2. The smallest absolute Gasteiger partial charge is 0.339 e. The fraction of sp³-hybridized carbons (Fsp3) is 0.333. The lowest BCUT2D eigenvalue weighted by Gasteiger charge is -2.50. The molecule has 2 aromatic rings. The van der Waals surface area contributed by atoms with Crippen molar-refractivity contribution in [3.63, 3.8) is 0 Å². The van der Waals surface area contributed by atoms with Gasteiger partial charge in [-0.05, 0) is 63.5 Å². The van der Waals surface area contributed by atoms with Crippen LogP contribution >= 0.6 is 0 Å². The number of rotatable bonds is 4. The number of hydrogen-bond donors (Lipinski definition) is 3. The average molecular weight is 526 g/mol. The van der Waals surface area contributed by atoms with E-state index in [0.717, 1.165) is 0 Å². The van der Waals surface area contributed by atoms with Gasteiger partial charge in [-0.1, -0.05) is 30.3 Å². The number of carbonyl (C=O) groups excluding carboxylic acids is 2. The highest BCUT2D eigenvalue weighted by molar-refractivity contribution is 7.87. The fourth-order valence-electron chi connectivity index (χ4n) is 5.93. The molecule has 10 heteroatoms. The quantitative estimate of drug-likeness (QED) is 0.514. The van der Waals surface area contributed by atoms with Crippen molar-refractivity contribution >= 4 is 21.7 Å². The lowest BCUT2D eigenvalue weighted by atomic mass is 9.59. The van der Waals surface area contributed by atoms with E-state index in [0.29, 0.717) is 5.56 Å². The van der Waals surface area contributed by atoms with Crippen molar-refractivity contribution in [3.05, 3.63) is 82.3 Å². The van der Waals surface area contributed by atoms with E-state index in [2.05, 4.69) is 0 Å². The van der Waals surface area contributed by atoms with Gasteiger partial charge in [-0.3, -0.25) is 14.5 Å². The van der Waals surface area contributed by atoms with Crippen molar-refractivity contribution in [3.8, 4) is 5.75 Å². The molecule has 9 nitrogen and oxygen atoms in total. The summed E-state index contributed by atoms with van der Waals surface area (Å²) in [5, 5.41) is 33.7. The van der Waals surface area contributed by atoms with E-state index in [1.807, 2.05) is 0 Å². The molecule has 2 aromatic carbocycles. The van der Waals surface area contributed by atoms with Crippen LogP contribution in [0.1, 0.15) is 29.3 Å². The van der Waals surface area contributed by atoms with Gasteiger partial charge in [0.15, 0.2) is 17.1 Å². The van der Waals surface area contributed by atoms with Gasteiger partial charge in [0.05, 0.1) is 11.6 Å². The molecule has 0 spiro atoms. The molecule has 4 unspecified atom stereocenters.